The van der Waals surface area contributed by atoms with Gasteiger partial charge in [-0.25, -0.2) is 0 Å². The van der Waals surface area contributed by atoms with E-state index in [2.05, 4.69) is 0 Å². The summed E-state index contributed by atoms with van der Waals surface area (Å²) in [6, 6.07) is 8.53. The Balaban J connectivity index is 2.60. The summed E-state index contributed by atoms with van der Waals surface area (Å²) in [5.74, 6) is -1.21. The number of rotatable bonds is 5. The van der Waals surface area contributed by atoms with Crippen LogP contribution in [0.3, 0.4) is 0 Å². The second-order valence-electron chi connectivity index (χ2n) is 3.29. The third-order valence-electron chi connectivity index (χ3n) is 2.10. The zero-order valence-electron chi connectivity index (χ0n) is 8.35. The van der Waals surface area contributed by atoms with Gasteiger partial charge < -0.3 is 11.5 Å². The number of nitrogens with two attached hydrogens (primary N) is 2. The van der Waals surface area contributed by atoms with Crippen LogP contribution < -0.4 is 11.5 Å². The second-order valence-corrected chi connectivity index (χ2v) is 3.29. The molecule has 15 heavy (non-hydrogen) atoms. The van der Waals surface area contributed by atoms with Gasteiger partial charge in [0.15, 0.2) is 0 Å². The van der Waals surface area contributed by atoms with E-state index < -0.39 is 17.6 Å². The van der Waals surface area contributed by atoms with Gasteiger partial charge >= 0.3 is 0 Å². The van der Waals surface area contributed by atoms with Crippen molar-refractivity contribution in [3.8, 4) is 0 Å². The van der Waals surface area contributed by atoms with E-state index in [4.69, 9.17) is 11.5 Å². The van der Waals surface area contributed by atoms with Gasteiger partial charge in [0.2, 0.25) is 11.6 Å². The molecule has 1 rings (SSSR count). The standard InChI is InChI=1S/C11H14N2O2/c12-7-10(14)11(15)9(13)6-8-4-2-1-3-5-8/h1-5,9H,6-7,12-13H2/t9-/m0/s1. The normalized spacial score (nSPS) is 12.1. The van der Waals surface area contributed by atoms with Crippen molar-refractivity contribution in [2.45, 2.75) is 12.5 Å². The highest BCUT2D eigenvalue weighted by Crippen LogP contribution is 2.02. The van der Waals surface area contributed by atoms with Gasteiger partial charge in [-0.2, -0.15) is 0 Å². The molecule has 0 aliphatic carbocycles. The summed E-state index contributed by atoms with van der Waals surface area (Å²) < 4.78 is 0. The molecule has 4 heteroatoms. The second kappa shape index (κ2) is 5.38. The molecule has 0 bridgehead atoms. The molecule has 0 aliphatic rings. The Morgan fingerprint density at radius 1 is 1.20 bits per heavy atom. The SMILES string of the molecule is NCC(=O)C(=O)[C@@H](N)Cc1ccccc1. The lowest BCUT2D eigenvalue weighted by atomic mass is 10.0. The molecular formula is C11H14N2O2. The van der Waals surface area contributed by atoms with E-state index in [0.29, 0.717) is 6.42 Å². The van der Waals surface area contributed by atoms with E-state index >= 15 is 0 Å². The Kier molecular flexibility index (Phi) is 4.15. The van der Waals surface area contributed by atoms with Crippen LogP contribution in [0, 0.1) is 0 Å². The molecule has 0 radical (unpaired) electrons. The van der Waals surface area contributed by atoms with Crippen LogP contribution in [0.4, 0.5) is 0 Å². The average molecular weight is 206 g/mol. The van der Waals surface area contributed by atoms with Crippen molar-refractivity contribution < 1.29 is 9.59 Å². The molecule has 0 aliphatic heterocycles. The fourth-order valence-electron chi connectivity index (χ4n) is 1.27. The van der Waals surface area contributed by atoms with Gasteiger partial charge in [-0.05, 0) is 12.0 Å². The van der Waals surface area contributed by atoms with E-state index in [-0.39, 0.29) is 6.54 Å². The van der Waals surface area contributed by atoms with Gasteiger partial charge in [0.25, 0.3) is 0 Å². The number of Topliss-reactive ketones (excluding diaryl/α,β-unsaturated/α-hetero) is 2. The summed E-state index contributed by atoms with van der Waals surface area (Å²) in [7, 11) is 0. The molecule has 1 atom stereocenters. The molecule has 1 aromatic carbocycles. The van der Waals surface area contributed by atoms with Gasteiger partial charge in [0, 0.05) is 0 Å². The minimum Gasteiger partial charge on any atom is -0.324 e. The topological polar surface area (TPSA) is 86.2 Å². The molecule has 4 N–H and O–H groups in total. The quantitative estimate of drug-likeness (QED) is 0.645. The zero-order valence-corrected chi connectivity index (χ0v) is 8.35. The van der Waals surface area contributed by atoms with Crippen LogP contribution in [0.2, 0.25) is 0 Å². The van der Waals surface area contributed by atoms with Crippen LogP contribution >= 0.6 is 0 Å². The van der Waals surface area contributed by atoms with Crippen molar-refractivity contribution in [1.82, 2.24) is 0 Å². The van der Waals surface area contributed by atoms with Gasteiger partial charge in [-0.3, -0.25) is 9.59 Å². The zero-order chi connectivity index (χ0) is 11.3. The van der Waals surface area contributed by atoms with Crippen molar-refractivity contribution in [3.63, 3.8) is 0 Å². The van der Waals surface area contributed by atoms with Gasteiger partial charge in [0.1, 0.15) is 0 Å². The summed E-state index contributed by atoms with van der Waals surface area (Å²) in [5, 5.41) is 0. The Morgan fingerprint density at radius 3 is 2.33 bits per heavy atom. The van der Waals surface area contributed by atoms with Crippen LogP contribution in [0.15, 0.2) is 30.3 Å². The molecule has 0 fully saturated rings. The van der Waals surface area contributed by atoms with Crippen LogP contribution in [-0.4, -0.2) is 24.2 Å². The van der Waals surface area contributed by atoms with Crippen LogP contribution in [-0.2, 0) is 16.0 Å². The first-order valence-corrected chi connectivity index (χ1v) is 4.71. The summed E-state index contributed by atoms with van der Waals surface area (Å²) in [6.45, 7) is -0.276. The van der Waals surface area contributed by atoms with Crippen molar-refractivity contribution >= 4 is 11.6 Å². The highest BCUT2D eigenvalue weighted by atomic mass is 16.2. The summed E-state index contributed by atoms with van der Waals surface area (Å²) in [5.41, 5.74) is 11.6. The first-order chi connectivity index (χ1) is 7.15. The molecule has 80 valence electrons. The molecule has 0 spiro atoms. The first-order valence-electron chi connectivity index (χ1n) is 4.71. The maximum atomic E-state index is 11.3. The fraction of sp³-hybridized carbons (Fsp3) is 0.273. The molecule has 0 aromatic heterocycles. The number of carbonyl (C=O) groups is 2. The van der Waals surface area contributed by atoms with Crippen molar-refractivity contribution in [2.24, 2.45) is 11.5 Å². The summed E-state index contributed by atoms with van der Waals surface area (Å²) in [6.07, 6.45) is 0.366. The third-order valence-corrected chi connectivity index (χ3v) is 2.10. The van der Waals surface area contributed by atoms with Crippen LogP contribution in [0.5, 0.6) is 0 Å². The number of hydrogen-bond acceptors (Lipinski definition) is 4. The lowest BCUT2D eigenvalue weighted by molar-refractivity contribution is -0.136. The van der Waals surface area contributed by atoms with Crippen LogP contribution in [0.25, 0.3) is 0 Å². The van der Waals surface area contributed by atoms with E-state index in [9.17, 15) is 9.59 Å². The van der Waals surface area contributed by atoms with Crippen LogP contribution in [0.1, 0.15) is 5.56 Å². The smallest absolute Gasteiger partial charge is 0.216 e. The average Bonchev–Trinajstić information content (AvgIpc) is 2.28. The highest BCUT2D eigenvalue weighted by Gasteiger charge is 2.20. The number of ketones is 2. The predicted octanol–water partition coefficient (Wildman–Crippen LogP) is -0.347. The van der Waals surface area contributed by atoms with Crippen molar-refractivity contribution in [3.05, 3.63) is 35.9 Å². The molecule has 1 aromatic rings. The Hall–Kier alpha value is -1.52. The first kappa shape index (κ1) is 11.6. The molecule has 4 nitrogen and oxygen atoms in total. The molecule has 0 saturated carbocycles. The van der Waals surface area contributed by atoms with Gasteiger partial charge in [0.05, 0.1) is 12.6 Å². The lowest BCUT2D eigenvalue weighted by Gasteiger charge is -2.08. The maximum absolute atomic E-state index is 11.3. The monoisotopic (exact) mass is 206 g/mol. The van der Waals surface area contributed by atoms with Crippen molar-refractivity contribution in [2.75, 3.05) is 6.54 Å². The van der Waals surface area contributed by atoms with E-state index in [1.165, 1.54) is 0 Å². The minimum atomic E-state index is -0.788. The van der Waals surface area contributed by atoms with Gasteiger partial charge in [-0.15, -0.1) is 0 Å². The minimum absolute atomic E-state index is 0.276. The molecular weight excluding hydrogens is 192 g/mol. The molecule has 0 unspecified atom stereocenters. The molecule has 0 amide bonds. The lowest BCUT2D eigenvalue weighted by Crippen LogP contribution is -2.40. The van der Waals surface area contributed by atoms with Crippen molar-refractivity contribution in [1.29, 1.82) is 0 Å². The molecule has 0 heterocycles. The number of carbonyl (C=O) groups excluding carboxylic acids is 2. The fourth-order valence-corrected chi connectivity index (χ4v) is 1.27. The van der Waals surface area contributed by atoms with E-state index in [0.717, 1.165) is 5.56 Å². The van der Waals surface area contributed by atoms with Gasteiger partial charge in [-0.1, -0.05) is 30.3 Å². The summed E-state index contributed by atoms with van der Waals surface area (Å²) >= 11 is 0. The molecule has 0 saturated heterocycles. The largest absolute Gasteiger partial charge is 0.324 e. The summed E-state index contributed by atoms with van der Waals surface area (Å²) in [4.78, 5) is 22.3. The van der Waals surface area contributed by atoms with E-state index in [1.807, 2.05) is 30.3 Å². The number of benzene rings is 1. The predicted molar refractivity (Wildman–Crippen MR) is 57.2 cm³/mol. The maximum Gasteiger partial charge on any atom is 0.216 e. The number of hydrogen-bond donors (Lipinski definition) is 2. The third kappa shape index (κ3) is 3.27. The van der Waals surface area contributed by atoms with E-state index in [1.54, 1.807) is 0 Å². The Bertz CT molecular complexity index is 349. The Labute approximate surface area is 88.3 Å². The Morgan fingerprint density at radius 2 is 1.80 bits per heavy atom. The highest BCUT2D eigenvalue weighted by molar-refractivity contribution is 6.39.